The Morgan fingerprint density at radius 3 is 2.67 bits per heavy atom. The lowest BCUT2D eigenvalue weighted by Crippen LogP contribution is -2.07. The highest BCUT2D eigenvalue weighted by Gasteiger charge is 2.12. The van der Waals surface area contributed by atoms with E-state index in [0.717, 1.165) is 5.69 Å². The van der Waals surface area contributed by atoms with Crippen LogP contribution in [-0.4, -0.2) is 4.57 Å². The average Bonchev–Trinajstić information content (AvgIpc) is 2.73. The maximum Gasteiger partial charge on any atom is 0.164 e. The van der Waals surface area contributed by atoms with Gasteiger partial charge in [0, 0.05) is 23.6 Å². The summed E-state index contributed by atoms with van der Waals surface area (Å²) in [6, 6.07) is 13.2. The Morgan fingerprint density at radius 1 is 1.14 bits per heavy atom. The molecular formula is C17H16ClFN2. The largest absolute Gasteiger partial charge is 0.377 e. The van der Waals surface area contributed by atoms with Crippen molar-refractivity contribution >= 4 is 28.2 Å². The fraction of sp³-hybridized carbons (Fsp3) is 0.176. The molecule has 0 aliphatic rings. The molecule has 0 amide bonds. The first-order valence-corrected chi connectivity index (χ1v) is 7.18. The van der Waals surface area contributed by atoms with Gasteiger partial charge in [0.05, 0.1) is 17.3 Å². The van der Waals surface area contributed by atoms with E-state index in [1.54, 1.807) is 18.2 Å². The fourth-order valence-corrected chi connectivity index (χ4v) is 2.88. The van der Waals surface area contributed by atoms with Gasteiger partial charge >= 0.3 is 0 Å². The number of aromatic nitrogens is 1. The molecule has 108 valence electrons. The molecule has 0 saturated heterocycles. The van der Waals surface area contributed by atoms with Crippen LogP contribution < -0.4 is 5.32 Å². The Hall–Kier alpha value is -2.00. The summed E-state index contributed by atoms with van der Waals surface area (Å²) in [4.78, 5) is 0. The van der Waals surface area contributed by atoms with Crippen LogP contribution in [0.5, 0.6) is 0 Å². The maximum atomic E-state index is 13.9. The van der Waals surface area contributed by atoms with E-state index >= 15 is 0 Å². The molecule has 1 N–H and O–H groups in total. The molecule has 2 aromatic carbocycles. The van der Waals surface area contributed by atoms with Crippen molar-refractivity contribution in [3.05, 3.63) is 64.6 Å². The third-order valence-corrected chi connectivity index (χ3v) is 4.20. The topological polar surface area (TPSA) is 17.0 Å². The second-order valence-electron chi connectivity index (χ2n) is 5.10. The van der Waals surface area contributed by atoms with Crippen LogP contribution in [0.15, 0.2) is 42.5 Å². The number of nitrogens with zero attached hydrogens (tertiary/aromatic N) is 1. The van der Waals surface area contributed by atoms with Gasteiger partial charge in [-0.2, -0.15) is 0 Å². The van der Waals surface area contributed by atoms with Gasteiger partial charge in [-0.25, -0.2) is 4.39 Å². The summed E-state index contributed by atoms with van der Waals surface area (Å²) >= 11 is 5.80. The number of halogens is 2. The average molecular weight is 303 g/mol. The minimum Gasteiger partial charge on any atom is -0.377 e. The molecule has 1 aromatic heterocycles. The minimum atomic E-state index is -0.407. The summed E-state index contributed by atoms with van der Waals surface area (Å²) in [7, 11) is 2.03. The number of anilines is 1. The monoisotopic (exact) mass is 302 g/mol. The number of rotatable bonds is 3. The molecule has 0 unspecified atom stereocenters. The van der Waals surface area contributed by atoms with Gasteiger partial charge in [0.2, 0.25) is 0 Å². The van der Waals surface area contributed by atoms with E-state index in [0.29, 0.717) is 12.2 Å². The first kappa shape index (κ1) is 14.0. The highest BCUT2D eigenvalue weighted by atomic mass is 35.5. The molecule has 4 heteroatoms. The van der Waals surface area contributed by atoms with Crippen LogP contribution in [0.2, 0.25) is 5.02 Å². The number of nitrogens with one attached hydrogen (secondary N) is 1. The number of aryl methyl sites for hydroxylation is 2. The standard InChI is InChI=1S/C17H16ClFN2/c1-11-12-6-3-4-9-15(12)21(2)16(11)10-20-14-8-5-7-13(18)17(14)19/h3-9,20H,10H2,1-2H3. The SMILES string of the molecule is Cc1c(CNc2cccc(Cl)c2F)n(C)c2ccccc12. The summed E-state index contributed by atoms with van der Waals surface area (Å²) in [6.07, 6.45) is 0. The quantitative estimate of drug-likeness (QED) is 0.729. The van der Waals surface area contributed by atoms with Gasteiger partial charge in [0.1, 0.15) is 0 Å². The third kappa shape index (κ3) is 2.38. The van der Waals surface area contributed by atoms with E-state index in [1.807, 2.05) is 19.2 Å². The Bertz CT molecular complexity index is 769. The van der Waals surface area contributed by atoms with Crippen LogP contribution in [-0.2, 0) is 13.6 Å². The van der Waals surface area contributed by atoms with Crippen molar-refractivity contribution < 1.29 is 4.39 Å². The summed E-state index contributed by atoms with van der Waals surface area (Å²) in [5.41, 5.74) is 3.95. The first-order valence-electron chi connectivity index (χ1n) is 6.80. The summed E-state index contributed by atoms with van der Waals surface area (Å²) in [5.74, 6) is -0.407. The van der Waals surface area contributed by atoms with Gasteiger partial charge in [-0.3, -0.25) is 0 Å². The first-order chi connectivity index (χ1) is 10.1. The smallest absolute Gasteiger partial charge is 0.164 e. The van der Waals surface area contributed by atoms with Gasteiger partial charge in [-0.1, -0.05) is 35.9 Å². The zero-order valence-corrected chi connectivity index (χ0v) is 12.7. The number of benzene rings is 2. The van der Waals surface area contributed by atoms with E-state index in [9.17, 15) is 4.39 Å². The summed E-state index contributed by atoms with van der Waals surface area (Å²) in [6.45, 7) is 2.64. The van der Waals surface area contributed by atoms with E-state index in [2.05, 4.69) is 28.9 Å². The zero-order chi connectivity index (χ0) is 15.0. The molecule has 3 aromatic rings. The summed E-state index contributed by atoms with van der Waals surface area (Å²) in [5, 5.41) is 4.49. The van der Waals surface area contributed by atoms with Gasteiger partial charge in [-0.05, 0) is 30.7 Å². The predicted molar refractivity (Wildman–Crippen MR) is 86.4 cm³/mol. The molecule has 0 fully saturated rings. The van der Waals surface area contributed by atoms with Crippen molar-refractivity contribution in [3.8, 4) is 0 Å². The number of para-hydroxylation sites is 1. The van der Waals surface area contributed by atoms with Gasteiger partial charge in [-0.15, -0.1) is 0 Å². The normalized spacial score (nSPS) is 11.0. The van der Waals surface area contributed by atoms with Crippen LogP contribution in [0.1, 0.15) is 11.3 Å². The van der Waals surface area contributed by atoms with Crippen LogP contribution in [0, 0.1) is 12.7 Å². The molecule has 3 rings (SSSR count). The lowest BCUT2D eigenvalue weighted by Gasteiger charge is -2.10. The van der Waals surface area contributed by atoms with Crippen LogP contribution in [0.4, 0.5) is 10.1 Å². The van der Waals surface area contributed by atoms with Crippen molar-refractivity contribution in [2.45, 2.75) is 13.5 Å². The van der Waals surface area contributed by atoms with Gasteiger partial charge < -0.3 is 9.88 Å². The number of fused-ring (bicyclic) bond motifs is 1. The van der Waals surface area contributed by atoms with Crippen molar-refractivity contribution in [1.82, 2.24) is 4.57 Å². The van der Waals surface area contributed by atoms with Crippen molar-refractivity contribution in [3.63, 3.8) is 0 Å². The van der Waals surface area contributed by atoms with E-state index < -0.39 is 5.82 Å². The van der Waals surface area contributed by atoms with Crippen LogP contribution >= 0.6 is 11.6 Å². The van der Waals surface area contributed by atoms with Crippen molar-refractivity contribution in [2.75, 3.05) is 5.32 Å². The summed E-state index contributed by atoms with van der Waals surface area (Å²) < 4.78 is 16.0. The Morgan fingerprint density at radius 2 is 1.90 bits per heavy atom. The highest BCUT2D eigenvalue weighted by Crippen LogP contribution is 2.26. The van der Waals surface area contributed by atoms with E-state index in [4.69, 9.17) is 11.6 Å². The van der Waals surface area contributed by atoms with Crippen LogP contribution in [0.25, 0.3) is 10.9 Å². The van der Waals surface area contributed by atoms with E-state index in [1.165, 1.54) is 16.5 Å². The van der Waals surface area contributed by atoms with Gasteiger partial charge in [0.15, 0.2) is 5.82 Å². The molecule has 0 atom stereocenters. The second kappa shape index (κ2) is 5.41. The molecule has 2 nitrogen and oxygen atoms in total. The lowest BCUT2D eigenvalue weighted by atomic mass is 10.1. The molecule has 0 spiro atoms. The zero-order valence-electron chi connectivity index (χ0n) is 12.0. The lowest BCUT2D eigenvalue weighted by molar-refractivity contribution is 0.630. The third-order valence-electron chi connectivity index (χ3n) is 3.91. The highest BCUT2D eigenvalue weighted by molar-refractivity contribution is 6.31. The van der Waals surface area contributed by atoms with Crippen molar-refractivity contribution in [2.24, 2.45) is 7.05 Å². The Balaban J connectivity index is 1.94. The predicted octanol–water partition coefficient (Wildman–Crippen LogP) is 4.89. The molecular weight excluding hydrogens is 287 g/mol. The van der Waals surface area contributed by atoms with E-state index in [-0.39, 0.29) is 5.02 Å². The Labute approximate surface area is 128 Å². The molecule has 1 heterocycles. The maximum absolute atomic E-state index is 13.9. The number of hydrogen-bond donors (Lipinski definition) is 1. The minimum absolute atomic E-state index is 0.133. The van der Waals surface area contributed by atoms with Crippen molar-refractivity contribution in [1.29, 1.82) is 0 Å². The number of hydrogen-bond acceptors (Lipinski definition) is 1. The molecule has 0 bridgehead atoms. The molecule has 0 aliphatic heterocycles. The fourth-order valence-electron chi connectivity index (χ4n) is 2.71. The van der Waals surface area contributed by atoms with Gasteiger partial charge in [0.25, 0.3) is 0 Å². The molecule has 0 radical (unpaired) electrons. The second-order valence-corrected chi connectivity index (χ2v) is 5.51. The van der Waals surface area contributed by atoms with Crippen LogP contribution in [0.3, 0.4) is 0 Å². The molecule has 0 saturated carbocycles. The Kier molecular flexibility index (Phi) is 3.60. The molecule has 21 heavy (non-hydrogen) atoms. The molecule has 0 aliphatic carbocycles.